The molecule has 1 atom stereocenters. The van der Waals surface area contributed by atoms with Crippen LogP contribution in [0.5, 0.6) is 17.2 Å². The summed E-state index contributed by atoms with van der Waals surface area (Å²) in [7, 11) is 1.48. The van der Waals surface area contributed by atoms with Crippen molar-refractivity contribution in [3.8, 4) is 17.2 Å². The first-order chi connectivity index (χ1) is 16.0. The first-order valence-electron chi connectivity index (χ1n) is 10.1. The van der Waals surface area contributed by atoms with Gasteiger partial charge in [0.15, 0.2) is 11.5 Å². The van der Waals surface area contributed by atoms with E-state index in [0.29, 0.717) is 28.5 Å². The van der Waals surface area contributed by atoms with Crippen molar-refractivity contribution in [1.29, 1.82) is 0 Å². The van der Waals surface area contributed by atoms with Gasteiger partial charge in [0.05, 0.1) is 23.7 Å². The van der Waals surface area contributed by atoms with E-state index in [9.17, 15) is 14.7 Å². The standard InChI is InChI=1S/C25H18ClNO6/c1-31-16-8-9-18(26)17(12-16)23(28)21-22(14-5-3-2-4-6-14)27(25(30)24(21)29)15-7-10-19-20(11-15)33-13-32-19/h2-12,22,28H,13H2,1H3/b23-21+. The molecule has 1 amide bonds. The first-order valence-corrected chi connectivity index (χ1v) is 10.5. The number of rotatable bonds is 4. The molecule has 0 radical (unpaired) electrons. The van der Waals surface area contributed by atoms with Crippen LogP contribution in [0.4, 0.5) is 5.69 Å². The molecule has 1 fully saturated rings. The van der Waals surface area contributed by atoms with E-state index in [1.807, 2.05) is 6.07 Å². The maximum atomic E-state index is 13.2. The summed E-state index contributed by atoms with van der Waals surface area (Å²) in [6.07, 6.45) is 0. The molecule has 0 aliphatic carbocycles. The number of aliphatic hydroxyl groups excluding tert-OH is 1. The third-order valence-electron chi connectivity index (χ3n) is 5.62. The summed E-state index contributed by atoms with van der Waals surface area (Å²) in [6, 6.07) is 17.8. The zero-order chi connectivity index (χ0) is 23.1. The Kier molecular flexibility index (Phi) is 5.18. The summed E-state index contributed by atoms with van der Waals surface area (Å²) in [5, 5.41) is 11.5. The van der Waals surface area contributed by atoms with Gasteiger partial charge in [-0.3, -0.25) is 14.5 Å². The van der Waals surface area contributed by atoms with Crippen LogP contribution in [0.3, 0.4) is 0 Å². The minimum absolute atomic E-state index is 0.0704. The molecule has 33 heavy (non-hydrogen) atoms. The normalized spacial score (nSPS) is 18.6. The molecule has 5 rings (SSSR count). The summed E-state index contributed by atoms with van der Waals surface area (Å²) in [4.78, 5) is 27.8. The summed E-state index contributed by atoms with van der Waals surface area (Å²) < 4.78 is 16.0. The predicted molar refractivity (Wildman–Crippen MR) is 122 cm³/mol. The maximum absolute atomic E-state index is 13.2. The highest BCUT2D eigenvalue weighted by atomic mass is 35.5. The van der Waals surface area contributed by atoms with Crippen molar-refractivity contribution in [2.45, 2.75) is 6.04 Å². The highest BCUT2D eigenvalue weighted by molar-refractivity contribution is 6.52. The Bertz CT molecular complexity index is 1300. The van der Waals surface area contributed by atoms with Crippen molar-refractivity contribution < 1.29 is 28.9 Å². The van der Waals surface area contributed by atoms with Gasteiger partial charge in [0, 0.05) is 17.3 Å². The lowest BCUT2D eigenvalue weighted by Gasteiger charge is -2.25. The fourth-order valence-corrected chi connectivity index (χ4v) is 4.25. The Balaban J connectivity index is 1.72. The summed E-state index contributed by atoms with van der Waals surface area (Å²) in [5.41, 5.74) is 1.21. The number of halogens is 1. The van der Waals surface area contributed by atoms with Gasteiger partial charge in [-0.05, 0) is 35.9 Å². The molecule has 2 heterocycles. The highest BCUT2D eigenvalue weighted by Crippen LogP contribution is 2.45. The second kappa shape index (κ2) is 8.18. The Morgan fingerprint density at radius 1 is 1.03 bits per heavy atom. The fraction of sp³-hybridized carbons (Fsp3) is 0.120. The number of Topliss-reactive ketones (excluding diaryl/α,β-unsaturated/α-hetero) is 1. The van der Waals surface area contributed by atoms with Gasteiger partial charge in [0.2, 0.25) is 6.79 Å². The van der Waals surface area contributed by atoms with Crippen molar-refractivity contribution in [3.05, 3.63) is 88.5 Å². The van der Waals surface area contributed by atoms with Crippen molar-refractivity contribution >= 4 is 34.7 Å². The highest BCUT2D eigenvalue weighted by Gasteiger charge is 2.47. The van der Waals surface area contributed by atoms with Crippen LogP contribution in [0, 0.1) is 0 Å². The minimum atomic E-state index is -0.881. The second-order valence-corrected chi connectivity index (χ2v) is 7.87. The van der Waals surface area contributed by atoms with Crippen LogP contribution < -0.4 is 19.1 Å². The number of ether oxygens (including phenoxy) is 3. The lowest BCUT2D eigenvalue weighted by atomic mass is 9.95. The number of ketones is 1. The largest absolute Gasteiger partial charge is 0.507 e. The number of fused-ring (bicyclic) bond motifs is 1. The van der Waals surface area contributed by atoms with Crippen LogP contribution in [-0.2, 0) is 9.59 Å². The number of methoxy groups -OCH3 is 1. The Morgan fingerprint density at radius 2 is 1.79 bits per heavy atom. The number of amides is 1. The van der Waals surface area contributed by atoms with E-state index in [2.05, 4.69) is 0 Å². The topological polar surface area (TPSA) is 85.3 Å². The van der Waals surface area contributed by atoms with E-state index < -0.39 is 17.7 Å². The molecule has 8 heteroatoms. The van der Waals surface area contributed by atoms with Crippen LogP contribution in [-0.4, -0.2) is 30.7 Å². The third-order valence-corrected chi connectivity index (χ3v) is 5.95. The predicted octanol–water partition coefficient (Wildman–Crippen LogP) is 4.70. The zero-order valence-corrected chi connectivity index (χ0v) is 18.2. The van der Waals surface area contributed by atoms with E-state index >= 15 is 0 Å². The minimum Gasteiger partial charge on any atom is -0.507 e. The molecule has 0 bridgehead atoms. The molecule has 3 aromatic carbocycles. The van der Waals surface area contributed by atoms with E-state index in [0.717, 1.165) is 0 Å². The number of nitrogens with zero attached hydrogens (tertiary/aromatic N) is 1. The van der Waals surface area contributed by atoms with Crippen molar-refractivity contribution in [3.63, 3.8) is 0 Å². The van der Waals surface area contributed by atoms with Gasteiger partial charge in [-0.2, -0.15) is 0 Å². The zero-order valence-electron chi connectivity index (χ0n) is 17.4. The van der Waals surface area contributed by atoms with E-state index in [4.69, 9.17) is 25.8 Å². The number of hydrogen-bond acceptors (Lipinski definition) is 6. The summed E-state index contributed by atoms with van der Waals surface area (Å²) in [5.74, 6) is -0.510. The number of hydrogen-bond donors (Lipinski definition) is 1. The molecular formula is C25H18ClNO6. The number of aliphatic hydroxyl groups is 1. The second-order valence-electron chi connectivity index (χ2n) is 7.46. The maximum Gasteiger partial charge on any atom is 0.300 e. The quantitative estimate of drug-likeness (QED) is 0.343. The van der Waals surface area contributed by atoms with Crippen molar-refractivity contribution in [1.82, 2.24) is 0 Å². The summed E-state index contributed by atoms with van der Waals surface area (Å²) >= 11 is 6.33. The molecule has 0 spiro atoms. The lowest BCUT2D eigenvalue weighted by Crippen LogP contribution is -2.29. The first kappa shape index (κ1) is 20.9. The average Bonchev–Trinajstić information content (AvgIpc) is 3.41. The molecule has 1 saturated heterocycles. The molecular weight excluding hydrogens is 446 g/mol. The van der Waals surface area contributed by atoms with Crippen LogP contribution in [0.1, 0.15) is 17.2 Å². The van der Waals surface area contributed by atoms with Gasteiger partial charge < -0.3 is 19.3 Å². The smallest absolute Gasteiger partial charge is 0.300 e. The Labute approximate surface area is 194 Å². The van der Waals surface area contributed by atoms with Gasteiger partial charge in [0.25, 0.3) is 11.7 Å². The number of carbonyl (C=O) groups is 2. The molecule has 2 aliphatic rings. The monoisotopic (exact) mass is 463 g/mol. The van der Waals surface area contributed by atoms with Crippen molar-refractivity contribution in [2.24, 2.45) is 0 Å². The number of carbonyl (C=O) groups excluding carboxylic acids is 2. The third kappa shape index (κ3) is 3.47. The van der Waals surface area contributed by atoms with Crippen LogP contribution in [0.25, 0.3) is 5.76 Å². The molecule has 3 aromatic rings. The molecule has 1 N–H and O–H groups in total. The number of anilines is 1. The van der Waals surface area contributed by atoms with E-state index in [-0.39, 0.29) is 28.7 Å². The van der Waals surface area contributed by atoms with E-state index in [1.54, 1.807) is 54.6 Å². The molecule has 166 valence electrons. The molecule has 2 aliphatic heterocycles. The van der Waals surface area contributed by atoms with Gasteiger partial charge in [0.1, 0.15) is 11.5 Å². The molecule has 7 nitrogen and oxygen atoms in total. The average molecular weight is 464 g/mol. The Hall–Kier alpha value is -3.97. The van der Waals surface area contributed by atoms with Crippen LogP contribution >= 0.6 is 11.6 Å². The summed E-state index contributed by atoms with van der Waals surface area (Å²) in [6.45, 7) is 0.0774. The van der Waals surface area contributed by atoms with Crippen molar-refractivity contribution in [2.75, 3.05) is 18.8 Å². The molecule has 0 aromatic heterocycles. The van der Waals surface area contributed by atoms with Gasteiger partial charge in [-0.15, -0.1) is 0 Å². The van der Waals surface area contributed by atoms with E-state index in [1.165, 1.54) is 18.1 Å². The Morgan fingerprint density at radius 3 is 2.55 bits per heavy atom. The van der Waals surface area contributed by atoms with Gasteiger partial charge in [-0.1, -0.05) is 41.9 Å². The number of benzene rings is 3. The van der Waals surface area contributed by atoms with Gasteiger partial charge >= 0.3 is 0 Å². The lowest BCUT2D eigenvalue weighted by molar-refractivity contribution is -0.132. The van der Waals surface area contributed by atoms with Crippen LogP contribution in [0.15, 0.2) is 72.3 Å². The molecule has 1 unspecified atom stereocenters. The fourth-order valence-electron chi connectivity index (χ4n) is 4.04. The SMILES string of the molecule is COc1ccc(Cl)c(/C(O)=C2\C(=O)C(=O)N(c3ccc4c(c3)OCO4)C2c2ccccc2)c1. The van der Waals surface area contributed by atoms with Crippen LogP contribution in [0.2, 0.25) is 5.02 Å². The van der Waals surface area contributed by atoms with Gasteiger partial charge in [-0.25, -0.2) is 0 Å². The molecule has 0 saturated carbocycles.